The molecule has 4 heteroatoms. The van der Waals surface area contributed by atoms with Gasteiger partial charge in [-0.3, -0.25) is 0 Å². The SMILES string of the molecule is COCOC1=C(C)[C@H]2CCCC3(OCCO3)C2CC1. The summed E-state index contributed by atoms with van der Waals surface area (Å²) in [4.78, 5) is 0. The average molecular weight is 268 g/mol. The fraction of sp³-hybridized carbons (Fsp3) is 0.867. The van der Waals surface area contributed by atoms with Gasteiger partial charge < -0.3 is 18.9 Å². The third-order valence-corrected chi connectivity index (χ3v) is 4.90. The third-order valence-electron chi connectivity index (χ3n) is 4.90. The Morgan fingerprint density at radius 3 is 2.79 bits per heavy atom. The van der Waals surface area contributed by atoms with Crippen LogP contribution in [-0.4, -0.2) is 32.9 Å². The zero-order chi connectivity index (χ0) is 13.3. The average Bonchev–Trinajstić information content (AvgIpc) is 2.88. The van der Waals surface area contributed by atoms with Gasteiger partial charge in [-0.25, -0.2) is 0 Å². The molecule has 0 aromatic heterocycles. The molecule has 0 bridgehead atoms. The van der Waals surface area contributed by atoms with Crippen LogP contribution in [0.25, 0.3) is 0 Å². The van der Waals surface area contributed by atoms with Crippen LogP contribution in [0.4, 0.5) is 0 Å². The molecule has 2 fully saturated rings. The first-order valence-corrected chi connectivity index (χ1v) is 7.36. The Labute approximate surface area is 115 Å². The van der Waals surface area contributed by atoms with Crippen LogP contribution in [0.15, 0.2) is 11.3 Å². The van der Waals surface area contributed by atoms with Crippen LogP contribution in [0.5, 0.6) is 0 Å². The van der Waals surface area contributed by atoms with E-state index in [-0.39, 0.29) is 5.79 Å². The Hall–Kier alpha value is -0.580. The standard InChI is InChI=1S/C15H24O4/c1-11-12-4-3-7-15(18-8-9-19-15)13(12)5-6-14(11)17-10-16-2/h12-13H,3-10H2,1-2H3/t12-,13?/m1/s1. The van der Waals surface area contributed by atoms with Gasteiger partial charge in [0.15, 0.2) is 12.6 Å². The number of hydrogen-bond acceptors (Lipinski definition) is 4. The van der Waals surface area contributed by atoms with Gasteiger partial charge in [-0.1, -0.05) is 0 Å². The molecule has 3 rings (SSSR count). The molecule has 2 atom stereocenters. The first kappa shape index (κ1) is 13.4. The third kappa shape index (κ3) is 2.30. The first-order chi connectivity index (χ1) is 9.27. The summed E-state index contributed by atoms with van der Waals surface area (Å²) in [6.45, 7) is 4.05. The number of allylic oxidation sites excluding steroid dienone is 2. The number of methoxy groups -OCH3 is 1. The van der Waals surface area contributed by atoms with Crippen molar-refractivity contribution in [3.8, 4) is 0 Å². The van der Waals surface area contributed by atoms with E-state index in [1.54, 1.807) is 7.11 Å². The number of rotatable bonds is 3. The Bertz CT molecular complexity index is 357. The van der Waals surface area contributed by atoms with Crippen molar-refractivity contribution in [2.24, 2.45) is 11.8 Å². The molecule has 2 aliphatic carbocycles. The lowest BCUT2D eigenvalue weighted by Gasteiger charge is -2.47. The molecule has 0 amide bonds. The molecule has 1 saturated carbocycles. The highest BCUT2D eigenvalue weighted by atomic mass is 16.7. The summed E-state index contributed by atoms with van der Waals surface area (Å²) in [5.41, 5.74) is 1.38. The van der Waals surface area contributed by atoms with Gasteiger partial charge >= 0.3 is 0 Å². The van der Waals surface area contributed by atoms with E-state index in [0.717, 1.165) is 38.2 Å². The van der Waals surface area contributed by atoms with E-state index in [9.17, 15) is 0 Å². The summed E-state index contributed by atoms with van der Waals surface area (Å²) in [5.74, 6) is 1.88. The van der Waals surface area contributed by atoms with Gasteiger partial charge in [-0.2, -0.15) is 0 Å². The van der Waals surface area contributed by atoms with Crippen LogP contribution in [0, 0.1) is 11.8 Å². The van der Waals surface area contributed by atoms with Crippen LogP contribution in [-0.2, 0) is 18.9 Å². The predicted octanol–water partition coefficient (Wildman–Crippen LogP) is 2.83. The molecule has 0 radical (unpaired) electrons. The minimum atomic E-state index is -0.295. The fourth-order valence-corrected chi connectivity index (χ4v) is 4.04. The maximum Gasteiger partial charge on any atom is 0.188 e. The van der Waals surface area contributed by atoms with Crippen molar-refractivity contribution in [1.82, 2.24) is 0 Å². The van der Waals surface area contributed by atoms with E-state index in [2.05, 4.69) is 6.92 Å². The summed E-state index contributed by atoms with van der Waals surface area (Å²) in [5, 5.41) is 0. The van der Waals surface area contributed by atoms with Crippen LogP contribution < -0.4 is 0 Å². The van der Waals surface area contributed by atoms with E-state index in [1.807, 2.05) is 0 Å². The maximum absolute atomic E-state index is 6.01. The molecule has 0 aromatic rings. The molecule has 1 heterocycles. The van der Waals surface area contributed by atoms with Gasteiger partial charge in [0, 0.05) is 25.9 Å². The quantitative estimate of drug-likeness (QED) is 0.738. The molecule has 1 saturated heterocycles. The Kier molecular flexibility index (Phi) is 3.83. The topological polar surface area (TPSA) is 36.9 Å². The molecule has 0 N–H and O–H groups in total. The molecule has 1 spiro atoms. The van der Waals surface area contributed by atoms with E-state index in [1.165, 1.54) is 18.4 Å². The minimum Gasteiger partial charge on any atom is -0.472 e. The normalized spacial score (nSPS) is 33.6. The van der Waals surface area contributed by atoms with Crippen LogP contribution >= 0.6 is 0 Å². The Morgan fingerprint density at radius 1 is 1.26 bits per heavy atom. The highest BCUT2D eigenvalue weighted by molar-refractivity contribution is 5.18. The van der Waals surface area contributed by atoms with Gasteiger partial charge in [-0.05, 0) is 37.7 Å². The lowest BCUT2D eigenvalue weighted by molar-refractivity contribution is -0.226. The summed E-state index contributed by atoms with van der Waals surface area (Å²) < 4.78 is 22.7. The second kappa shape index (κ2) is 5.43. The molecule has 3 aliphatic rings. The van der Waals surface area contributed by atoms with Crippen LogP contribution in [0.1, 0.15) is 39.0 Å². The summed E-state index contributed by atoms with van der Waals surface area (Å²) >= 11 is 0. The van der Waals surface area contributed by atoms with E-state index < -0.39 is 0 Å². The molecule has 19 heavy (non-hydrogen) atoms. The van der Waals surface area contributed by atoms with Crippen molar-refractivity contribution < 1.29 is 18.9 Å². The Balaban J connectivity index is 1.79. The lowest BCUT2D eigenvalue weighted by atomic mass is 9.67. The molecular formula is C15H24O4. The largest absolute Gasteiger partial charge is 0.472 e. The van der Waals surface area contributed by atoms with Crippen LogP contribution in [0.2, 0.25) is 0 Å². The van der Waals surface area contributed by atoms with E-state index in [4.69, 9.17) is 18.9 Å². The predicted molar refractivity (Wildman–Crippen MR) is 70.4 cm³/mol. The van der Waals surface area contributed by atoms with Crippen molar-refractivity contribution in [3.05, 3.63) is 11.3 Å². The van der Waals surface area contributed by atoms with Gasteiger partial charge in [0.2, 0.25) is 0 Å². The molecule has 0 aromatic carbocycles. The molecule has 1 aliphatic heterocycles. The van der Waals surface area contributed by atoms with E-state index in [0.29, 0.717) is 18.6 Å². The lowest BCUT2D eigenvalue weighted by Crippen LogP contribution is -2.48. The van der Waals surface area contributed by atoms with Gasteiger partial charge in [0.25, 0.3) is 0 Å². The second-order valence-corrected chi connectivity index (χ2v) is 5.81. The maximum atomic E-state index is 6.01. The van der Waals surface area contributed by atoms with Crippen molar-refractivity contribution in [2.75, 3.05) is 27.1 Å². The number of fused-ring (bicyclic) bond motifs is 2. The Morgan fingerprint density at radius 2 is 2.05 bits per heavy atom. The fourth-order valence-electron chi connectivity index (χ4n) is 4.04. The summed E-state index contributed by atoms with van der Waals surface area (Å²) in [6.07, 6.45) is 5.53. The van der Waals surface area contributed by atoms with Gasteiger partial charge in [0.1, 0.15) is 0 Å². The van der Waals surface area contributed by atoms with Gasteiger partial charge in [-0.15, -0.1) is 0 Å². The smallest absolute Gasteiger partial charge is 0.188 e. The van der Waals surface area contributed by atoms with E-state index >= 15 is 0 Å². The molecule has 108 valence electrons. The highest BCUT2D eigenvalue weighted by Gasteiger charge is 2.51. The molecular weight excluding hydrogens is 244 g/mol. The minimum absolute atomic E-state index is 0.295. The molecule has 4 nitrogen and oxygen atoms in total. The first-order valence-electron chi connectivity index (χ1n) is 7.36. The van der Waals surface area contributed by atoms with Crippen molar-refractivity contribution in [2.45, 2.75) is 44.8 Å². The van der Waals surface area contributed by atoms with Crippen molar-refractivity contribution in [3.63, 3.8) is 0 Å². The second-order valence-electron chi connectivity index (χ2n) is 5.81. The van der Waals surface area contributed by atoms with Crippen molar-refractivity contribution >= 4 is 0 Å². The van der Waals surface area contributed by atoms with Crippen molar-refractivity contribution in [1.29, 1.82) is 0 Å². The summed E-state index contributed by atoms with van der Waals surface area (Å²) in [6, 6.07) is 0. The summed E-state index contributed by atoms with van der Waals surface area (Å²) in [7, 11) is 1.66. The number of ether oxygens (including phenoxy) is 4. The zero-order valence-corrected chi connectivity index (χ0v) is 11.9. The molecule has 1 unspecified atom stereocenters. The zero-order valence-electron chi connectivity index (χ0n) is 11.9. The highest BCUT2D eigenvalue weighted by Crippen LogP contribution is 2.51. The number of hydrogen-bond donors (Lipinski definition) is 0. The van der Waals surface area contributed by atoms with Crippen LogP contribution in [0.3, 0.4) is 0 Å². The monoisotopic (exact) mass is 268 g/mol. The van der Waals surface area contributed by atoms with Gasteiger partial charge in [0.05, 0.1) is 19.0 Å².